The molecular weight excluding hydrogens is 345 g/mol. The molecule has 1 nitrogen and oxygen atoms in total. The molecule has 2 aromatic carbocycles. The summed E-state index contributed by atoms with van der Waals surface area (Å²) in [6.07, 6.45) is 0.776. The fourth-order valence-electron chi connectivity index (χ4n) is 2.10. The van der Waals surface area contributed by atoms with Crippen molar-refractivity contribution in [1.29, 1.82) is 0 Å². The highest BCUT2D eigenvalue weighted by Gasteiger charge is 2.15. The Hall–Kier alpha value is -0.540. The molecule has 0 aliphatic carbocycles. The molecule has 1 unspecified atom stereocenters. The van der Waals surface area contributed by atoms with Crippen LogP contribution in [0.4, 0.5) is 0 Å². The van der Waals surface area contributed by atoms with Crippen LogP contribution in [0, 0.1) is 0 Å². The van der Waals surface area contributed by atoms with E-state index in [1.165, 1.54) is 5.56 Å². The van der Waals surface area contributed by atoms with Crippen molar-refractivity contribution in [1.82, 2.24) is 0 Å². The van der Waals surface area contributed by atoms with E-state index in [2.05, 4.69) is 22.0 Å². The summed E-state index contributed by atoms with van der Waals surface area (Å²) < 4.78 is 1.07. The van der Waals surface area contributed by atoms with Crippen molar-refractivity contribution in [2.45, 2.75) is 12.3 Å². The van der Waals surface area contributed by atoms with E-state index in [0.29, 0.717) is 16.6 Å². The largest absolute Gasteiger partial charge is 0.330 e. The van der Waals surface area contributed by atoms with Crippen LogP contribution in [0.15, 0.2) is 46.9 Å². The van der Waals surface area contributed by atoms with E-state index < -0.39 is 0 Å². The van der Waals surface area contributed by atoms with Gasteiger partial charge in [0.15, 0.2) is 0 Å². The number of benzene rings is 2. The molecule has 0 aliphatic heterocycles. The minimum atomic E-state index is 0.214. The Morgan fingerprint density at radius 2 is 1.79 bits per heavy atom. The highest BCUT2D eigenvalue weighted by molar-refractivity contribution is 9.10. The van der Waals surface area contributed by atoms with Gasteiger partial charge >= 0.3 is 0 Å². The molecule has 0 spiro atoms. The van der Waals surface area contributed by atoms with E-state index in [1.807, 2.05) is 30.3 Å². The fourth-order valence-corrected chi connectivity index (χ4v) is 3.10. The van der Waals surface area contributed by atoms with Gasteiger partial charge in [-0.3, -0.25) is 0 Å². The van der Waals surface area contributed by atoms with Crippen LogP contribution in [0.3, 0.4) is 0 Å². The topological polar surface area (TPSA) is 26.0 Å². The Labute approximate surface area is 131 Å². The van der Waals surface area contributed by atoms with Gasteiger partial charge in [0.1, 0.15) is 0 Å². The van der Waals surface area contributed by atoms with Gasteiger partial charge in [-0.1, -0.05) is 69.5 Å². The molecule has 0 aliphatic rings. The molecule has 4 heteroatoms. The number of nitrogens with two attached hydrogens (primary N) is 1. The van der Waals surface area contributed by atoms with Gasteiger partial charge in [0.05, 0.1) is 10.0 Å². The Morgan fingerprint density at radius 1 is 1.05 bits per heavy atom. The molecule has 0 bridgehead atoms. The number of hydrogen-bond acceptors (Lipinski definition) is 1. The zero-order valence-electron chi connectivity index (χ0n) is 10.2. The molecule has 2 aromatic rings. The Morgan fingerprint density at radius 3 is 2.47 bits per heavy atom. The summed E-state index contributed by atoms with van der Waals surface area (Å²) in [5.41, 5.74) is 8.14. The summed E-state index contributed by atoms with van der Waals surface area (Å²) in [4.78, 5) is 0. The maximum Gasteiger partial charge on any atom is 0.0624 e. The SMILES string of the molecule is NCC(Cc1cccc(Cl)c1Cl)c1ccccc1Br. The molecule has 1 atom stereocenters. The van der Waals surface area contributed by atoms with Gasteiger partial charge in [0.2, 0.25) is 0 Å². The van der Waals surface area contributed by atoms with Crippen LogP contribution < -0.4 is 5.73 Å². The van der Waals surface area contributed by atoms with E-state index in [-0.39, 0.29) is 5.92 Å². The van der Waals surface area contributed by atoms with Crippen molar-refractivity contribution < 1.29 is 0 Å². The van der Waals surface area contributed by atoms with Gasteiger partial charge < -0.3 is 5.73 Å². The summed E-state index contributed by atoms with van der Waals surface area (Å²) in [5.74, 6) is 0.214. The lowest BCUT2D eigenvalue weighted by molar-refractivity contribution is 0.691. The van der Waals surface area contributed by atoms with Crippen LogP contribution in [0.2, 0.25) is 10.0 Å². The van der Waals surface area contributed by atoms with E-state index in [4.69, 9.17) is 28.9 Å². The molecule has 100 valence electrons. The van der Waals surface area contributed by atoms with E-state index in [0.717, 1.165) is 16.5 Å². The second kappa shape index (κ2) is 6.76. The van der Waals surface area contributed by atoms with Crippen molar-refractivity contribution in [3.63, 3.8) is 0 Å². The standard InChI is InChI=1S/C15H14BrCl2N/c16-13-6-2-1-5-12(13)11(9-19)8-10-4-3-7-14(17)15(10)18/h1-7,11H,8-9,19H2. The van der Waals surface area contributed by atoms with Gasteiger partial charge in [0, 0.05) is 10.4 Å². The van der Waals surface area contributed by atoms with Crippen LogP contribution in [0.25, 0.3) is 0 Å². The maximum absolute atomic E-state index is 6.24. The van der Waals surface area contributed by atoms with E-state index >= 15 is 0 Å². The second-order valence-electron chi connectivity index (χ2n) is 4.37. The molecule has 2 rings (SSSR count). The third-order valence-corrected chi connectivity index (χ3v) is 4.71. The minimum absolute atomic E-state index is 0.214. The lowest BCUT2D eigenvalue weighted by Crippen LogP contribution is -2.15. The van der Waals surface area contributed by atoms with Crippen molar-refractivity contribution in [2.24, 2.45) is 5.73 Å². The average Bonchev–Trinajstić information content (AvgIpc) is 2.41. The number of halogens is 3. The number of hydrogen-bond donors (Lipinski definition) is 1. The van der Waals surface area contributed by atoms with Crippen LogP contribution in [0.5, 0.6) is 0 Å². The molecule has 0 saturated carbocycles. The maximum atomic E-state index is 6.24. The van der Waals surface area contributed by atoms with E-state index in [9.17, 15) is 0 Å². The van der Waals surface area contributed by atoms with Crippen molar-refractivity contribution in [3.8, 4) is 0 Å². The first-order valence-electron chi connectivity index (χ1n) is 6.01. The van der Waals surface area contributed by atoms with Crippen molar-refractivity contribution in [3.05, 3.63) is 68.1 Å². The smallest absolute Gasteiger partial charge is 0.0624 e. The average molecular weight is 359 g/mol. The van der Waals surface area contributed by atoms with Crippen LogP contribution in [0.1, 0.15) is 17.0 Å². The molecule has 0 saturated heterocycles. The highest BCUT2D eigenvalue weighted by atomic mass is 79.9. The van der Waals surface area contributed by atoms with Gasteiger partial charge in [-0.2, -0.15) is 0 Å². The summed E-state index contributed by atoms with van der Waals surface area (Å²) in [6, 6.07) is 13.8. The normalized spacial score (nSPS) is 12.4. The summed E-state index contributed by atoms with van der Waals surface area (Å²) in [5, 5.41) is 1.21. The zero-order chi connectivity index (χ0) is 13.8. The third kappa shape index (κ3) is 3.51. The van der Waals surface area contributed by atoms with Gasteiger partial charge in [-0.15, -0.1) is 0 Å². The molecule has 0 heterocycles. The summed E-state index contributed by atoms with van der Waals surface area (Å²) in [7, 11) is 0. The van der Waals surface area contributed by atoms with Crippen LogP contribution in [-0.2, 0) is 6.42 Å². The zero-order valence-corrected chi connectivity index (χ0v) is 13.3. The first-order valence-corrected chi connectivity index (χ1v) is 7.55. The molecule has 19 heavy (non-hydrogen) atoms. The quantitative estimate of drug-likeness (QED) is 0.813. The Kier molecular flexibility index (Phi) is 5.28. The molecular formula is C15H14BrCl2N. The predicted molar refractivity (Wildman–Crippen MR) is 86.1 cm³/mol. The van der Waals surface area contributed by atoms with Gasteiger partial charge in [-0.05, 0) is 36.2 Å². The molecule has 0 amide bonds. The molecule has 0 fully saturated rings. The molecule has 0 aromatic heterocycles. The van der Waals surface area contributed by atoms with Crippen molar-refractivity contribution in [2.75, 3.05) is 6.54 Å². The molecule has 2 N–H and O–H groups in total. The number of rotatable bonds is 4. The Bertz CT molecular complexity index is 572. The predicted octanol–water partition coefficient (Wildman–Crippen LogP) is 5.04. The third-order valence-electron chi connectivity index (χ3n) is 3.13. The van der Waals surface area contributed by atoms with Crippen molar-refractivity contribution >= 4 is 39.1 Å². The van der Waals surface area contributed by atoms with Crippen LogP contribution >= 0.6 is 39.1 Å². The Balaban J connectivity index is 2.30. The van der Waals surface area contributed by atoms with Crippen LogP contribution in [-0.4, -0.2) is 6.54 Å². The van der Waals surface area contributed by atoms with Gasteiger partial charge in [0.25, 0.3) is 0 Å². The lowest BCUT2D eigenvalue weighted by atomic mass is 9.92. The van der Waals surface area contributed by atoms with Gasteiger partial charge in [-0.25, -0.2) is 0 Å². The fraction of sp³-hybridized carbons (Fsp3) is 0.200. The van der Waals surface area contributed by atoms with E-state index in [1.54, 1.807) is 6.07 Å². The molecule has 0 radical (unpaired) electrons. The second-order valence-corrected chi connectivity index (χ2v) is 6.01. The first kappa shape index (κ1) is 14.9. The monoisotopic (exact) mass is 357 g/mol. The summed E-state index contributed by atoms with van der Waals surface area (Å²) >= 11 is 15.9. The first-order chi connectivity index (χ1) is 9.13. The highest BCUT2D eigenvalue weighted by Crippen LogP contribution is 2.32. The summed E-state index contributed by atoms with van der Waals surface area (Å²) in [6.45, 7) is 0.561. The lowest BCUT2D eigenvalue weighted by Gasteiger charge is -2.18. The minimum Gasteiger partial charge on any atom is -0.330 e.